The number of aliphatic hydroxyl groups is 1. The molecular formula is C24H31N5O10. The van der Waals surface area contributed by atoms with Crippen LogP contribution in [0, 0.1) is 0 Å². The number of benzene rings is 1. The van der Waals surface area contributed by atoms with Crippen molar-refractivity contribution in [3.63, 3.8) is 0 Å². The molecule has 0 spiro atoms. The third kappa shape index (κ3) is 9.64. The van der Waals surface area contributed by atoms with Crippen LogP contribution in [0.1, 0.15) is 43.1 Å². The molecule has 3 rings (SSSR count). The van der Waals surface area contributed by atoms with E-state index in [1.165, 1.54) is 0 Å². The van der Waals surface area contributed by atoms with Gasteiger partial charge in [0.1, 0.15) is 5.52 Å². The van der Waals surface area contributed by atoms with Crippen LogP contribution < -0.4 is 11.1 Å². The number of imidazole rings is 1. The first-order valence-electron chi connectivity index (χ1n) is 11.6. The van der Waals surface area contributed by atoms with Gasteiger partial charge in [0.2, 0.25) is 0 Å². The summed E-state index contributed by atoms with van der Waals surface area (Å²) in [6, 6.07) is 7.75. The summed E-state index contributed by atoms with van der Waals surface area (Å²) in [5.41, 5.74) is 5.24. The maximum atomic E-state index is 11.6. The van der Waals surface area contributed by atoms with E-state index in [0.717, 1.165) is 35.8 Å². The van der Waals surface area contributed by atoms with Gasteiger partial charge in [0.05, 0.1) is 36.7 Å². The molecule has 0 atom stereocenters. The molecule has 0 saturated heterocycles. The van der Waals surface area contributed by atoms with E-state index < -0.39 is 48.2 Å². The van der Waals surface area contributed by atoms with Gasteiger partial charge in [-0.3, -0.25) is 19.2 Å². The van der Waals surface area contributed by atoms with Crippen LogP contribution in [0.3, 0.4) is 0 Å². The molecule has 0 fully saturated rings. The molecule has 8 N–H and O–H groups in total. The second-order valence-electron chi connectivity index (χ2n) is 8.23. The van der Waals surface area contributed by atoms with E-state index in [-0.39, 0.29) is 12.2 Å². The van der Waals surface area contributed by atoms with Crippen LogP contribution in [-0.2, 0) is 25.7 Å². The molecule has 0 aliphatic carbocycles. The van der Waals surface area contributed by atoms with Gasteiger partial charge in [0, 0.05) is 11.9 Å². The number of pyridine rings is 1. The van der Waals surface area contributed by atoms with Crippen molar-refractivity contribution in [1.29, 1.82) is 0 Å². The van der Waals surface area contributed by atoms with Crippen LogP contribution in [0.15, 0.2) is 30.6 Å². The minimum atomic E-state index is -2.74. The van der Waals surface area contributed by atoms with Gasteiger partial charge in [-0.05, 0) is 19.5 Å². The van der Waals surface area contributed by atoms with Crippen molar-refractivity contribution in [3.8, 4) is 0 Å². The number of nitrogens with two attached hydrogens (primary N) is 1. The van der Waals surface area contributed by atoms with E-state index in [9.17, 15) is 24.0 Å². The van der Waals surface area contributed by atoms with Crippen LogP contribution in [0.25, 0.3) is 21.9 Å². The normalized spacial score (nSPS) is 10.6. The molecule has 0 aliphatic rings. The number of carbonyl (C=O) groups excluding carboxylic acids is 1. The predicted octanol–water partition coefficient (Wildman–Crippen LogP) is 0.525. The molecule has 39 heavy (non-hydrogen) atoms. The maximum absolute atomic E-state index is 11.6. The van der Waals surface area contributed by atoms with Crippen molar-refractivity contribution in [1.82, 2.24) is 19.9 Å². The van der Waals surface area contributed by atoms with E-state index in [1.807, 2.05) is 24.3 Å². The number of nitrogens with zero attached hydrogens (tertiary/aromatic N) is 3. The van der Waals surface area contributed by atoms with Gasteiger partial charge in [-0.25, -0.2) is 14.8 Å². The van der Waals surface area contributed by atoms with E-state index >= 15 is 0 Å². The van der Waals surface area contributed by atoms with Crippen LogP contribution in [-0.4, -0.2) is 89.0 Å². The molecule has 15 heteroatoms. The Labute approximate surface area is 221 Å². The lowest BCUT2D eigenvalue weighted by atomic mass is 9.96. The second-order valence-corrected chi connectivity index (χ2v) is 8.23. The molecule has 0 saturated carbocycles. The van der Waals surface area contributed by atoms with Crippen molar-refractivity contribution < 1.29 is 49.5 Å². The van der Waals surface area contributed by atoms with Crippen LogP contribution in [0.4, 0.5) is 0 Å². The fourth-order valence-corrected chi connectivity index (χ4v) is 3.32. The summed E-state index contributed by atoms with van der Waals surface area (Å²) in [5, 5.41) is 45.1. The number of likely N-dealkylation sites (N-methyl/N-ethyl adjacent to an activating group) is 1. The molecule has 0 unspecified atom stereocenters. The molecule has 2 aromatic heterocycles. The van der Waals surface area contributed by atoms with Gasteiger partial charge in [-0.1, -0.05) is 31.5 Å². The quantitative estimate of drug-likeness (QED) is 0.172. The Bertz CT molecular complexity index is 1320. The molecule has 2 heterocycles. The molecule has 3 aromatic rings. The minimum Gasteiger partial charge on any atom is -0.481 e. The van der Waals surface area contributed by atoms with Gasteiger partial charge in [0.15, 0.2) is 11.3 Å². The lowest BCUT2D eigenvalue weighted by Crippen LogP contribution is -2.42. The number of hydrogen-bond acceptors (Lipinski definition) is 9. The summed E-state index contributed by atoms with van der Waals surface area (Å²) in [6.45, 7) is 3.06. The number of carboxylic acid groups (broad SMARTS) is 4. The number of para-hydroxylation sites is 1. The van der Waals surface area contributed by atoms with Crippen LogP contribution in [0.5, 0.6) is 0 Å². The summed E-state index contributed by atoms with van der Waals surface area (Å²) in [6.07, 6.45) is 1.64. The smallest absolute Gasteiger partial charge is 0.336 e. The summed E-state index contributed by atoms with van der Waals surface area (Å²) in [5.74, 6) is -6.38. The van der Waals surface area contributed by atoms with Gasteiger partial charge in [-0.15, -0.1) is 0 Å². The fourth-order valence-electron chi connectivity index (χ4n) is 3.32. The Kier molecular flexibility index (Phi) is 12.4. The Morgan fingerprint density at radius 1 is 1.00 bits per heavy atom. The third-order valence-electron chi connectivity index (χ3n) is 5.05. The van der Waals surface area contributed by atoms with Crippen LogP contribution >= 0.6 is 0 Å². The number of aromatic nitrogens is 3. The van der Waals surface area contributed by atoms with Crippen LogP contribution in [0.2, 0.25) is 0 Å². The van der Waals surface area contributed by atoms with Gasteiger partial charge < -0.3 is 41.2 Å². The highest BCUT2D eigenvalue weighted by Gasteiger charge is 2.40. The zero-order valence-corrected chi connectivity index (χ0v) is 21.3. The first-order valence-corrected chi connectivity index (χ1v) is 11.6. The number of carbonyl (C=O) groups is 5. The van der Waals surface area contributed by atoms with Crippen molar-refractivity contribution in [2.75, 3.05) is 13.6 Å². The summed E-state index contributed by atoms with van der Waals surface area (Å²) < 4.78 is 2.08. The molecular weight excluding hydrogens is 518 g/mol. The SMILES string of the molecule is CCCCn1cnc2c(C(N)=O)nc3ccccc3c21.CNCC(=O)O.O=C(O)CC(O)(CC(=O)O)C(=O)O. The fraction of sp³-hybridized carbons (Fsp3) is 0.375. The molecule has 0 radical (unpaired) electrons. The van der Waals surface area contributed by atoms with Gasteiger partial charge in [0.25, 0.3) is 5.91 Å². The number of primary amides is 1. The highest BCUT2D eigenvalue weighted by Crippen LogP contribution is 2.26. The Morgan fingerprint density at radius 2 is 1.59 bits per heavy atom. The summed E-state index contributed by atoms with van der Waals surface area (Å²) >= 11 is 0. The Balaban J connectivity index is 0.000000345. The lowest BCUT2D eigenvalue weighted by molar-refractivity contribution is -0.170. The largest absolute Gasteiger partial charge is 0.481 e. The summed E-state index contributed by atoms with van der Waals surface area (Å²) in [4.78, 5) is 60.3. The van der Waals surface area contributed by atoms with Crippen molar-refractivity contribution in [2.24, 2.45) is 5.73 Å². The molecule has 15 nitrogen and oxygen atoms in total. The molecule has 0 aliphatic heterocycles. The number of aryl methyl sites for hydroxylation is 1. The first kappa shape index (κ1) is 32.4. The highest BCUT2D eigenvalue weighted by atomic mass is 16.4. The van der Waals surface area contributed by atoms with E-state index in [4.69, 9.17) is 31.3 Å². The zero-order chi connectivity index (χ0) is 29.8. The Hall–Kier alpha value is -4.63. The maximum Gasteiger partial charge on any atom is 0.336 e. The number of nitrogens with one attached hydrogen (secondary N) is 1. The average molecular weight is 550 g/mol. The predicted molar refractivity (Wildman–Crippen MR) is 137 cm³/mol. The van der Waals surface area contributed by atoms with Gasteiger partial charge >= 0.3 is 23.9 Å². The number of carboxylic acids is 4. The minimum absolute atomic E-state index is 0.0417. The topological polar surface area (TPSA) is 255 Å². The van der Waals surface area contributed by atoms with Gasteiger partial charge in [-0.2, -0.15) is 0 Å². The molecule has 212 valence electrons. The van der Waals surface area contributed by atoms with E-state index in [2.05, 4.69) is 26.8 Å². The first-order chi connectivity index (χ1) is 18.3. The number of aliphatic carboxylic acids is 4. The lowest BCUT2D eigenvalue weighted by Gasteiger charge is -2.18. The number of unbranched alkanes of at least 4 members (excludes halogenated alkanes) is 1. The van der Waals surface area contributed by atoms with Crippen molar-refractivity contribution >= 4 is 51.7 Å². The van der Waals surface area contributed by atoms with E-state index in [0.29, 0.717) is 5.52 Å². The van der Waals surface area contributed by atoms with E-state index in [1.54, 1.807) is 13.4 Å². The zero-order valence-electron chi connectivity index (χ0n) is 21.3. The average Bonchev–Trinajstić information content (AvgIpc) is 3.26. The summed E-state index contributed by atoms with van der Waals surface area (Å²) in [7, 11) is 1.59. The monoisotopic (exact) mass is 549 g/mol. The Morgan fingerprint density at radius 3 is 2.03 bits per heavy atom. The van der Waals surface area contributed by atoms with Crippen molar-refractivity contribution in [2.45, 2.75) is 44.8 Å². The molecule has 1 amide bonds. The van der Waals surface area contributed by atoms with Crippen molar-refractivity contribution in [3.05, 3.63) is 36.3 Å². The highest BCUT2D eigenvalue weighted by molar-refractivity contribution is 6.11. The second kappa shape index (κ2) is 14.9. The number of amides is 1. The molecule has 1 aromatic carbocycles. The molecule has 0 bridgehead atoms. The third-order valence-corrected chi connectivity index (χ3v) is 5.05. The number of rotatable bonds is 11. The standard InChI is InChI=1S/C15H16N4O.C6H8O7.C3H7NO2/c1-2-3-8-19-9-17-12-13(15(16)20)18-11-7-5-4-6-10(11)14(12)19;7-3(8)1-6(13,5(11)12)2-4(9)10;1-4-2-3(5)6/h4-7,9H,2-3,8H2,1H3,(H2,16,20);13H,1-2H2,(H,7,8)(H,9,10)(H,11,12);4H,2H2,1H3,(H,5,6). The number of hydrogen-bond donors (Lipinski definition) is 7. The number of fused-ring (bicyclic) bond motifs is 3.